The highest BCUT2D eigenvalue weighted by Gasteiger charge is 2.54. The summed E-state index contributed by atoms with van der Waals surface area (Å²) in [5, 5.41) is 0. The van der Waals surface area contributed by atoms with E-state index in [-0.39, 0.29) is 0 Å². The van der Waals surface area contributed by atoms with E-state index in [2.05, 4.69) is 25.7 Å². The van der Waals surface area contributed by atoms with Crippen LogP contribution >= 0.6 is 0 Å². The summed E-state index contributed by atoms with van der Waals surface area (Å²) >= 11 is 0. The van der Waals surface area contributed by atoms with Gasteiger partial charge in [-0.3, -0.25) is 4.90 Å². The van der Waals surface area contributed by atoms with Crippen molar-refractivity contribution in [3.05, 3.63) is 0 Å². The van der Waals surface area contributed by atoms with Crippen molar-refractivity contribution < 1.29 is 0 Å². The molecule has 1 aliphatic heterocycles. The lowest BCUT2D eigenvalue weighted by Gasteiger charge is -2.00. The van der Waals surface area contributed by atoms with E-state index < -0.39 is 0 Å². The Morgan fingerprint density at radius 1 is 1.36 bits per heavy atom. The predicted molar refractivity (Wildman–Crippen MR) is 47.5 cm³/mol. The molecule has 1 saturated carbocycles. The van der Waals surface area contributed by atoms with Crippen molar-refractivity contribution in [3.8, 4) is 0 Å². The van der Waals surface area contributed by atoms with Crippen molar-refractivity contribution >= 4 is 0 Å². The van der Waals surface area contributed by atoms with Crippen LogP contribution in [0.25, 0.3) is 0 Å². The summed E-state index contributed by atoms with van der Waals surface area (Å²) in [5.74, 6) is 1.96. The van der Waals surface area contributed by atoms with Gasteiger partial charge in [-0.2, -0.15) is 0 Å². The van der Waals surface area contributed by atoms with E-state index in [1.807, 2.05) is 0 Å². The van der Waals surface area contributed by atoms with Gasteiger partial charge in [0.2, 0.25) is 0 Å². The molecule has 3 unspecified atom stereocenters. The van der Waals surface area contributed by atoms with Crippen LogP contribution in [0.15, 0.2) is 0 Å². The van der Waals surface area contributed by atoms with Gasteiger partial charge in [0.05, 0.1) is 0 Å². The largest absolute Gasteiger partial charge is 0.294 e. The van der Waals surface area contributed by atoms with E-state index in [0.29, 0.717) is 0 Å². The Bertz CT molecular complexity index is 141. The Labute approximate surface area is 69.8 Å². The first-order valence-electron chi connectivity index (χ1n) is 5.01. The molecule has 1 nitrogen and oxygen atoms in total. The second-order valence-electron chi connectivity index (χ2n) is 4.39. The van der Waals surface area contributed by atoms with Crippen LogP contribution in [-0.4, -0.2) is 23.5 Å². The van der Waals surface area contributed by atoms with Crippen LogP contribution in [0.1, 0.15) is 33.6 Å². The van der Waals surface area contributed by atoms with Crippen LogP contribution < -0.4 is 0 Å². The molecule has 0 spiro atoms. The van der Waals surface area contributed by atoms with E-state index in [0.717, 1.165) is 23.9 Å². The Kier molecular flexibility index (Phi) is 1.71. The predicted octanol–water partition coefficient (Wildman–Crippen LogP) is 2.13. The fourth-order valence-electron chi connectivity index (χ4n) is 2.50. The van der Waals surface area contributed by atoms with E-state index in [1.165, 1.54) is 19.4 Å². The maximum absolute atomic E-state index is 2.67. The van der Waals surface area contributed by atoms with E-state index in [4.69, 9.17) is 0 Å². The molecule has 1 saturated heterocycles. The lowest BCUT2D eigenvalue weighted by Crippen LogP contribution is -2.06. The third-order valence-electron chi connectivity index (χ3n) is 3.18. The van der Waals surface area contributed by atoms with Gasteiger partial charge in [-0.25, -0.2) is 0 Å². The smallest absolute Gasteiger partial charge is 0.0285 e. The van der Waals surface area contributed by atoms with Crippen molar-refractivity contribution in [1.82, 2.24) is 4.90 Å². The molecule has 0 aromatic rings. The summed E-state index contributed by atoms with van der Waals surface area (Å²) in [7, 11) is 0. The van der Waals surface area contributed by atoms with Crippen molar-refractivity contribution in [2.45, 2.75) is 45.7 Å². The average molecular weight is 153 g/mol. The SMILES string of the molecule is CCN1C(C(C)C)C1C1CC1. The third-order valence-corrected chi connectivity index (χ3v) is 3.18. The normalized spacial score (nSPS) is 43.1. The van der Waals surface area contributed by atoms with E-state index in [1.54, 1.807) is 0 Å². The molecule has 1 aliphatic carbocycles. The van der Waals surface area contributed by atoms with Gasteiger partial charge in [-0.1, -0.05) is 20.8 Å². The Hall–Kier alpha value is -0.0400. The summed E-state index contributed by atoms with van der Waals surface area (Å²) in [6, 6.07) is 1.92. The molecule has 1 heterocycles. The minimum absolute atomic E-state index is 0.876. The third kappa shape index (κ3) is 1.20. The van der Waals surface area contributed by atoms with Crippen molar-refractivity contribution in [2.24, 2.45) is 11.8 Å². The minimum Gasteiger partial charge on any atom is -0.294 e. The molecule has 64 valence electrons. The molecule has 0 bridgehead atoms. The zero-order valence-corrected chi connectivity index (χ0v) is 7.88. The summed E-state index contributed by atoms with van der Waals surface area (Å²) < 4.78 is 0. The van der Waals surface area contributed by atoms with Gasteiger partial charge in [0.1, 0.15) is 0 Å². The molecule has 0 amide bonds. The van der Waals surface area contributed by atoms with Crippen molar-refractivity contribution in [2.75, 3.05) is 6.54 Å². The maximum Gasteiger partial charge on any atom is 0.0285 e. The van der Waals surface area contributed by atoms with Gasteiger partial charge >= 0.3 is 0 Å². The highest BCUT2D eigenvalue weighted by molar-refractivity contribution is 5.09. The van der Waals surface area contributed by atoms with Crippen molar-refractivity contribution in [1.29, 1.82) is 0 Å². The van der Waals surface area contributed by atoms with Crippen LogP contribution in [0.2, 0.25) is 0 Å². The van der Waals surface area contributed by atoms with Crippen LogP contribution in [-0.2, 0) is 0 Å². The summed E-state index contributed by atoms with van der Waals surface area (Å²) in [5.41, 5.74) is 0. The summed E-state index contributed by atoms with van der Waals surface area (Å²) in [4.78, 5) is 2.67. The highest BCUT2D eigenvalue weighted by atomic mass is 15.4. The molecule has 11 heavy (non-hydrogen) atoms. The number of likely N-dealkylation sites (N-methyl/N-ethyl adjacent to an activating group) is 1. The Balaban J connectivity index is 1.91. The lowest BCUT2D eigenvalue weighted by molar-refractivity contribution is 0.449. The van der Waals surface area contributed by atoms with Gasteiger partial charge in [0, 0.05) is 12.1 Å². The molecule has 0 aromatic carbocycles. The molecule has 0 N–H and O–H groups in total. The minimum atomic E-state index is 0.876. The number of rotatable bonds is 3. The average Bonchev–Trinajstić information content (AvgIpc) is 2.82. The Morgan fingerprint density at radius 2 is 2.00 bits per heavy atom. The van der Waals surface area contributed by atoms with Gasteiger partial charge in [0.25, 0.3) is 0 Å². The highest BCUT2D eigenvalue weighted by Crippen LogP contribution is 2.48. The van der Waals surface area contributed by atoms with Gasteiger partial charge in [-0.15, -0.1) is 0 Å². The fourth-order valence-corrected chi connectivity index (χ4v) is 2.50. The summed E-state index contributed by atoms with van der Waals surface area (Å²) in [6.07, 6.45) is 3.01. The van der Waals surface area contributed by atoms with Gasteiger partial charge < -0.3 is 0 Å². The van der Waals surface area contributed by atoms with E-state index >= 15 is 0 Å². The Morgan fingerprint density at radius 3 is 2.27 bits per heavy atom. The van der Waals surface area contributed by atoms with Crippen LogP contribution in [0, 0.1) is 11.8 Å². The molecular formula is C10H19N. The second-order valence-corrected chi connectivity index (χ2v) is 4.39. The lowest BCUT2D eigenvalue weighted by atomic mass is 10.1. The monoisotopic (exact) mass is 153 g/mol. The van der Waals surface area contributed by atoms with Crippen LogP contribution in [0.4, 0.5) is 0 Å². The van der Waals surface area contributed by atoms with Gasteiger partial charge in [-0.05, 0) is 31.2 Å². The topological polar surface area (TPSA) is 3.01 Å². The molecule has 1 heteroatoms. The first kappa shape index (κ1) is 7.60. The quantitative estimate of drug-likeness (QED) is 0.561. The molecular weight excluding hydrogens is 134 g/mol. The molecule has 2 rings (SSSR count). The number of hydrogen-bond donors (Lipinski definition) is 0. The maximum atomic E-state index is 2.67. The second kappa shape index (κ2) is 2.48. The zero-order chi connectivity index (χ0) is 8.01. The van der Waals surface area contributed by atoms with Crippen molar-refractivity contribution in [3.63, 3.8) is 0 Å². The molecule has 2 aliphatic rings. The molecule has 2 fully saturated rings. The first-order valence-corrected chi connectivity index (χ1v) is 5.01. The molecule has 3 atom stereocenters. The van der Waals surface area contributed by atoms with Gasteiger partial charge in [0.15, 0.2) is 0 Å². The van der Waals surface area contributed by atoms with E-state index in [9.17, 15) is 0 Å². The molecule has 0 aromatic heterocycles. The molecule has 0 radical (unpaired) electrons. The zero-order valence-electron chi connectivity index (χ0n) is 7.88. The summed E-state index contributed by atoms with van der Waals surface area (Å²) in [6.45, 7) is 8.27. The standard InChI is InChI=1S/C10H19N/c1-4-11-9(7(2)3)10(11)8-5-6-8/h7-10H,4-6H2,1-3H3. The first-order chi connectivity index (χ1) is 5.25. The number of hydrogen-bond acceptors (Lipinski definition) is 1. The fraction of sp³-hybridized carbons (Fsp3) is 1.00. The van der Waals surface area contributed by atoms with Crippen LogP contribution in [0.5, 0.6) is 0 Å². The van der Waals surface area contributed by atoms with Crippen LogP contribution in [0.3, 0.4) is 0 Å². The number of nitrogens with zero attached hydrogens (tertiary/aromatic N) is 1.